The number of hydrogen-bond donors (Lipinski definition) is 2. The fourth-order valence-electron chi connectivity index (χ4n) is 9.41. The van der Waals surface area contributed by atoms with Crippen LogP contribution in [-0.2, 0) is 23.7 Å². The largest absolute Gasteiger partial charge is 0.390 e. The fraction of sp³-hybridized carbons (Fsp3) is 0.652. The summed E-state index contributed by atoms with van der Waals surface area (Å²) in [6.07, 6.45) is 20.3. The van der Waals surface area contributed by atoms with Crippen LogP contribution in [0.1, 0.15) is 118 Å². The van der Waals surface area contributed by atoms with Gasteiger partial charge >= 0.3 is 0 Å². The summed E-state index contributed by atoms with van der Waals surface area (Å²) in [4.78, 5) is 0. The van der Waals surface area contributed by atoms with E-state index >= 15 is 0 Å². The van der Waals surface area contributed by atoms with Gasteiger partial charge in [-0.3, -0.25) is 0 Å². The van der Waals surface area contributed by atoms with E-state index in [-0.39, 0.29) is 42.7 Å². The average Bonchev–Trinajstić information content (AvgIpc) is 3.38. The van der Waals surface area contributed by atoms with E-state index in [1.165, 1.54) is 11.1 Å². The molecule has 5 heterocycles. The Balaban J connectivity index is 1.07. The van der Waals surface area contributed by atoms with Crippen LogP contribution in [0.2, 0.25) is 5.02 Å². The first kappa shape index (κ1) is 41.6. The number of benzene rings is 1. The van der Waals surface area contributed by atoms with Crippen LogP contribution in [0.4, 0.5) is 0 Å². The molecule has 0 aliphatic carbocycles. The van der Waals surface area contributed by atoms with Crippen LogP contribution in [-0.4, -0.2) is 82.0 Å². The zero-order valence-corrected chi connectivity index (χ0v) is 34.2. The minimum absolute atomic E-state index is 0.0689. The molecule has 0 saturated carbocycles. The predicted octanol–water partition coefficient (Wildman–Crippen LogP) is 9.64. The Bertz CT molecular complexity index is 1550. The third-order valence-electron chi connectivity index (χ3n) is 13.1. The van der Waals surface area contributed by atoms with Crippen LogP contribution in [0.3, 0.4) is 0 Å². The molecular weight excluding hydrogens is 700 g/mol. The molecule has 6 rings (SSSR count). The second-order valence-corrected chi connectivity index (χ2v) is 17.9. The van der Waals surface area contributed by atoms with E-state index in [1.807, 2.05) is 37.3 Å². The van der Waals surface area contributed by atoms with Gasteiger partial charge in [0.15, 0.2) is 0 Å². The summed E-state index contributed by atoms with van der Waals surface area (Å²) in [6.45, 7) is 16.5. The molecule has 5 aliphatic heterocycles. The van der Waals surface area contributed by atoms with Crippen molar-refractivity contribution >= 4 is 17.7 Å². The van der Waals surface area contributed by atoms with Crippen LogP contribution < -0.4 is 0 Å². The number of halogens is 1. The van der Waals surface area contributed by atoms with Gasteiger partial charge in [-0.15, -0.1) is 0 Å². The van der Waals surface area contributed by atoms with Gasteiger partial charge in [0.05, 0.1) is 65.6 Å². The first-order chi connectivity index (χ1) is 25.7. The lowest BCUT2D eigenvalue weighted by Gasteiger charge is -2.49. The summed E-state index contributed by atoms with van der Waals surface area (Å²) < 4.78 is 34.5. The third-order valence-corrected chi connectivity index (χ3v) is 13.3. The molecule has 5 aliphatic rings. The minimum Gasteiger partial charge on any atom is -0.390 e. The number of allylic oxidation sites excluding steroid dienone is 8. The molecule has 0 bridgehead atoms. The maximum atomic E-state index is 11.8. The van der Waals surface area contributed by atoms with Gasteiger partial charge in [0.2, 0.25) is 0 Å². The van der Waals surface area contributed by atoms with Gasteiger partial charge in [-0.2, -0.15) is 0 Å². The maximum Gasteiger partial charge on any atom is 0.111 e. The molecule has 0 amide bonds. The molecule has 0 spiro atoms. The van der Waals surface area contributed by atoms with Crippen molar-refractivity contribution in [2.75, 3.05) is 0 Å². The van der Waals surface area contributed by atoms with Crippen LogP contribution in [0, 0.1) is 5.92 Å². The number of ether oxygens (including phenoxy) is 5. The Morgan fingerprint density at radius 1 is 0.870 bits per heavy atom. The van der Waals surface area contributed by atoms with Gasteiger partial charge in [0, 0.05) is 17.9 Å². The molecular formula is C46H65ClO7. The summed E-state index contributed by atoms with van der Waals surface area (Å²) in [5.74, 6) is 0.310. The van der Waals surface area contributed by atoms with Crippen LogP contribution in [0.25, 0.3) is 6.08 Å². The lowest BCUT2D eigenvalue weighted by atomic mass is 9.79. The zero-order valence-electron chi connectivity index (χ0n) is 33.4. The topological polar surface area (TPSA) is 86.6 Å². The monoisotopic (exact) mass is 764 g/mol. The van der Waals surface area contributed by atoms with E-state index in [1.54, 1.807) is 6.08 Å². The summed E-state index contributed by atoms with van der Waals surface area (Å²) in [6, 6.07) is 7.83. The molecule has 54 heavy (non-hydrogen) atoms. The highest BCUT2D eigenvalue weighted by Gasteiger charge is 2.58. The minimum atomic E-state index is -0.925. The second-order valence-electron chi connectivity index (χ2n) is 17.5. The zero-order chi connectivity index (χ0) is 38.7. The highest BCUT2D eigenvalue weighted by Crippen LogP contribution is 2.49. The lowest BCUT2D eigenvalue weighted by Crippen LogP contribution is -2.59. The summed E-state index contributed by atoms with van der Waals surface area (Å²) in [5.41, 5.74) is 1.48. The molecule has 8 heteroatoms. The molecule has 5 saturated heterocycles. The Morgan fingerprint density at radius 2 is 1.57 bits per heavy atom. The van der Waals surface area contributed by atoms with E-state index in [4.69, 9.17) is 35.3 Å². The van der Waals surface area contributed by atoms with Gasteiger partial charge < -0.3 is 33.9 Å². The molecule has 0 aromatic heterocycles. The Kier molecular flexibility index (Phi) is 13.5. The molecule has 298 valence electrons. The highest BCUT2D eigenvalue weighted by atomic mass is 35.5. The van der Waals surface area contributed by atoms with E-state index in [0.717, 1.165) is 62.0 Å². The number of fused-ring (bicyclic) bond motifs is 4. The standard InChI is InChI=1S/C46H65ClO7/c1-8-9-10-11-18-40-44(5,49)25-23-37-38(50-40)24-26-45(6)42(51-37)28-39-43(54-45)35(48)29-46(7)41(52-39)27-32(4)36(53-46)17-13-15-31(3)30(2)14-12-16-33-19-21-34(47)22-20-33/h8-10,12,14-16,19-22,32,35-43,48-49H,1,11,13,17-18,23-29H2,2-7H3/b10-9-,16-12-,30-14+,31-15+/t32?,35?,36-,37?,38?,39?,40?,41?,42?,43?,44?,45+,46?/m0/s1. The fourth-order valence-corrected chi connectivity index (χ4v) is 9.53. The van der Waals surface area contributed by atoms with Crippen molar-refractivity contribution in [2.24, 2.45) is 5.92 Å². The number of aliphatic hydroxyl groups excluding tert-OH is 1. The third kappa shape index (κ3) is 9.71. The first-order valence-corrected chi connectivity index (χ1v) is 20.8. The van der Waals surface area contributed by atoms with Gasteiger partial charge in [-0.25, -0.2) is 0 Å². The molecule has 13 atom stereocenters. The average molecular weight is 765 g/mol. The maximum absolute atomic E-state index is 11.8. The first-order valence-electron chi connectivity index (χ1n) is 20.5. The lowest BCUT2D eigenvalue weighted by molar-refractivity contribution is -0.273. The molecule has 1 aromatic rings. The van der Waals surface area contributed by atoms with Crippen molar-refractivity contribution in [1.82, 2.24) is 0 Å². The summed E-state index contributed by atoms with van der Waals surface area (Å²) in [7, 11) is 0. The number of aliphatic hydroxyl groups is 2. The van der Waals surface area contributed by atoms with Crippen LogP contribution in [0.15, 0.2) is 78.4 Å². The predicted molar refractivity (Wildman–Crippen MR) is 216 cm³/mol. The normalized spacial score (nSPS) is 41.9. The second kappa shape index (κ2) is 17.6. The van der Waals surface area contributed by atoms with E-state index < -0.39 is 29.0 Å². The Hall–Kier alpha value is -2.07. The Labute approximate surface area is 329 Å². The van der Waals surface area contributed by atoms with Crippen molar-refractivity contribution in [3.63, 3.8) is 0 Å². The van der Waals surface area contributed by atoms with Crippen molar-refractivity contribution in [1.29, 1.82) is 0 Å². The number of hydrogen-bond acceptors (Lipinski definition) is 7. The van der Waals surface area contributed by atoms with Gasteiger partial charge in [-0.1, -0.05) is 85.3 Å². The molecule has 5 fully saturated rings. The number of rotatable bonds is 10. The molecule has 11 unspecified atom stereocenters. The molecule has 1 aromatic carbocycles. The SMILES string of the molecule is C=C/C=C\CCC1OC2CC[C@@]3(C)OC4C(O)CC5(C)O[C@@H](CC/C=C(C)/C(C)=C/C=C\c6ccc(Cl)cc6)C(C)CC5OC4CC3OC2CCC1(C)O. The van der Waals surface area contributed by atoms with E-state index in [9.17, 15) is 10.2 Å². The van der Waals surface area contributed by atoms with Crippen molar-refractivity contribution in [3.8, 4) is 0 Å². The smallest absolute Gasteiger partial charge is 0.111 e. The van der Waals surface area contributed by atoms with E-state index in [2.05, 4.69) is 71.6 Å². The van der Waals surface area contributed by atoms with Gasteiger partial charge in [0.1, 0.15) is 6.10 Å². The van der Waals surface area contributed by atoms with Gasteiger partial charge in [-0.05, 0) is 122 Å². The molecule has 7 nitrogen and oxygen atoms in total. The quantitative estimate of drug-likeness (QED) is 0.230. The Morgan fingerprint density at radius 3 is 2.33 bits per heavy atom. The summed E-state index contributed by atoms with van der Waals surface area (Å²) in [5, 5.41) is 24.0. The summed E-state index contributed by atoms with van der Waals surface area (Å²) >= 11 is 6.02. The molecule has 0 radical (unpaired) electrons. The van der Waals surface area contributed by atoms with Crippen molar-refractivity contribution in [3.05, 3.63) is 89.0 Å². The van der Waals surface area contributed by atoms with Crippen molar-refractivity contribution < 1.29 is 33.9 Å². The van der Waals surface area contributed by atoms with Crippen LogP contribution in [0.5, 0.6) is 0 Å². The van der Waals surface area contributed by atoms with Gasteiger partial charge in [0.25, 0.3) is 0 Å². The molecule has 2 N–H and O–H groups in total. The highest BCUT2D eigenvalue weighted by molar-refractivity contribution is 6.30. The van der Waals surface area contributed by atoms with E-state index in [0.29, 0.717) is 25.2 Å². The van der Waals surface area contributed by atoms with Crippen LogP contribution >= 0.6 is 11.6 Å². The van der Waals surface area contributed by atoms with Crippen molar-refractivity contribution in [2.45, 2.75) is 184 Å².